The largest absolute Gasteiger partial charge is 0.330 e. The molecule has 0 bridgehead atoms. The Morgan fingerprint density at radius 3 is 2.65 bits per heavy atom. The number of carbonyl (C=O) groups is 1. The lowest BCUT2D eigenvalue weighted by atomic mass is 10.1. The van der Waals surface area contributed by atoms with Crippen LogP contribution in [0.3, 0.4) is 0 Å². The molecule has 0 aliphatic heterocycles. The van der Waals surface area contributed by atoms with Crippen LogP contribution in [0.15, 0.2) is 23.1 Å². The summed E-state index contributed by atoms with van der Waals surface area (Å²) in [4.78, 5) is 12.1. The number of hydrogen-bond donors (Lipinski definition) is 2. The Kier molecular flexibility index (Phi) is 8.68. The zero-order chi connectivity index (χ0) is 14.4. The van der Waals surface area contributed by atoms with Gasteiger partial charge in [0.1, 0.15) is 5.82 Å². The van der Waals surface area contributed by atoms with Crippen LogP contribution in [0.2, 0.25) is 0 Å². The highest BCUT2D eigenvalue weighted by molar-refractivity contribution is 7.99. The van der Waals surface area contributed by atoms with Crippen molar-refractivity contribution in [1.82, 2.24) is 0 Å². The Balaban J connectivity index is 0.00000361. The molecule has 0 saturated heterocycles. The van der Waals surface area contributed by atoms with Gasteiger partial charge in [-0.2, -0.15) is 0 Å². The van der Waals surface area contributed by atoms with Gasteiger partial charge in [0.2, 0.25) is 12.3 Å². The molecule has 0 aromatic heterocycles. The zero-order valence-electron chi connectivity index (χ0n) is 10.7. The van der Waals surface area contributed by atoms with Gasteiger partial charge in [-0.25, -0.2) is 13.2 Å². The number of benzene rings is 1. The van der Waals surface area contributed by atoms with Crippen molar-refractivity contribution in [2.45, 2.75) is 18.2 Å². The lowest BCUT2D eigenvalue weighted by molar-refractivity contribution is -0.119. The Hall–Kier alpha value is -0.920. The van der Waals surface area contributed by atoms with Gasteiger partial charge in [-0.3, -0.25) is 4.79 Å². The second kappa shape index (κ2) is 9.10. The van der Waals surface area contributed by atoms with E-state index >= 15 is 0 Å². The molecule has 0 aliphatic rings. The molecule has 1 atom stereocenters. The van der Waals surface area contributed by atoms with E-state index in [1.165, 1.54) is 6.07 Å². The monoisotopic (exact) mass is 328 g/mol. The molecule has 20 heavy (non-hydrogen) atoms. The Morgan fingerprint density at radius 1 is 1.45 bits per heavy atom. The molecule has 1 aromatic rings. The van der Waals surface area contributed by atoms with Crippen LogP contribution < -0.4 is 11.1 Å². The van der Waals surface area contributed by atoms with E-state index in [4.69, 9.17) is 5.73 Å². The number of anilines is 1. The van der Waals surface area contributed by atoms with Crippen molar-refractivity contribution < 1.29 is 18.0 Å². The fourth-order valence-electron chi connectivity index (χ4n) is 1.24. The van der Waals surface area contributed by atoms with E-state index in [0.29, 0.717) is 4.90 Å². The molecule has 0 fully saturated rings. The molecule has 0 heterocycles. The Labute approximate surface area is 125 Å². The number of rotatable bonds is 6. The third-order valence-corrected chi connectivity index (χ3v) is 3.45. The summed E-state index contributed by atoms with van der Waals surface area (Å²) >= 11 is 0.863. The standard InChI is InChI=1S/C12H15F3N2OS.ClH/c1-7(5-16)12(18)17-9-4-8(13)2-3-10(9)19-6-11(14)15;/h2-4,7,11H,5-6,16H2,1H3,(H,17,18);1H. The zero-order valence-corrected chi connectivity index (χ0v) is 12.4. The topological polar surface area (TPSA) is 55.1 Å². The number of amides is 1. The molecular formula is C12H16ClF3N2OS. The van der Waals surface area contributed by atoms with E-state index in [1.54, 1.807) is 6.92 Å². The summed E-state index contributed by atoms with van der Waals surface area (Å²) in [7, 11) is 0. The maximum absolute atomic E-state index is 13.1. The van der Waals surface area contributed by atoms with Crippen LogP contribution >= 0.6 is 24.2 Å². The first-order chi connectivity index (χ1) is 8.93. The van der Waals surface area contributed by atoms with Gasteiger partial charge in [-0.1, -0.05) is 6.92 Å². The number of hydrogen-bond acceptors (Lipinski definition) is 3. The van der Waals surface area contributed by atoms with Crippen molar-refractivity contribution in [3.63, 3.8) is 0 Å². The van der Waals surface area contributed by atoms with Crippen molar-refractivity contribution >= 4 is 35.8 Å². The van der Waals surface area contributed by atoms with Gasteiger partial charge < -0.3 is 11.1 Å². The molecule has 0 saturated carbocycles. The van der Waals surface area contributed by atoms with E-state index in [1.807, 2.05) is 0 Å². The normalized spacial score (nSPS) is 11.9. The van der Waals surface area contributed by atoms with Gasteiger partial charge in [0, 0.05) is 17.4 Å². The van der Waals surface area contributed by atoms with Gasteiger partial charge in [0.25, 0.3) is 0 Å². The number of halogens is 4. The van der Waals surface area contributed by atoms with E-state index in [-0.39, 0.29) is 30.5 Å². The summed E-state index contributed by atoms with van der Waals surface area (Å²) in [5.74, 6) is -1.76. The molecular weight excluding hydrogens is 313 g/mol. The van der Waals surface area contributed by atoms with Crippen LogP contribution in [-0.4, -0.2) is 24.6 Å². The molecule has 0 radical (unpaired) electrons. The lowest BCUT2D eigenvalue weighted by Gasteiger charge is -2.13. The molecule has 0 aliphatic carbocycles. The maximum Gasteiger partial charge on any atom is 0.247 e. The second-order valence-corrected chi connectivity index (χ2v) is 5.03. The SMILES string of the molecule is CC(CN)C(=O)Nc1cc(F)ccc1SCC(F)F.Cl. The number of alkyl halides is 2. The molecule has 0 spiro atoms. The van der Waals surface area contributed by atoms with Gasteiger partial charge >= 0.3 is 0 Å². The maximum atomic E-state index is 13.1. The van der Waals surface area contributed by atoms with Gasteiger partial charge in [0.15, 0.2) is 0 Å². The minimum atomic E-state index is -2.47. The first-order valence-corrected chi connectivity index (χ1v) is 6.64. The third-order valence-electron chi connectivity index (χ3n) is 2.37. The third kappa shape index (κ3) is 6.02. The van der Waals surface area contributed by atoms with Crippen molar-refractivity contribution in [3.8, 4) is 0 Å². The van der Waals surface area contributed by atoms with Crippen LogP contribution in [0, 0.1) is 11.7 Å². The van der Waals surface area contributed by atoms with Crippen LogP contribution in [0.1, 0.15) is 6.92 Å². The highest BCUT2D eigenvalue weighted by Gasteiger charge is 2.15. The lowest BCUT2D eigenvalue weighted by Crippen LogP contribution is -2.26. The Morgan fingerprint density at radius 2 is 2.10 bits per heavy atom. The van der Waals surface area contributed by atoms with Crippen LogP contribution in [0.5, 0.6) is 0 Å². The van der Waals surface area contributed by atoms with E-state index in [0.717, 1.165) is 23.9 Å². The summed E-state index contributed by atoms with van der Waals surface area (Å²) in [6, 6.07) is 3.63. The van der Waals surface area contributed by atoms with Crippen molar-refractivity contribution in [3.05, 3.63) is 24.0 Å². The quantitative estimate of drug-likeness (QED) is 0.789. The van der Waals surface area contributed by atoms with Crippen molar-refractivity contribution in [2.24, 2.45) is 11.7 Å². The van der Waals surface area contributed by atoms with Crippen molar-refractivity contribution in [1.29, 1.82) is 0 Å². The number of nitrogens with two attached hydrogens (primary N) is 1. The molecule has 114 valence electrons. The Bertz CT molecular complexity index is 449. The molecule has 1 amide bonds. The smallest absolute Gasteiger partial charge is 0.247 e. The van der Waals surface area contributed by atoms with Gasteiger partial charge in [-0.15, -0.1) is 24.2 Å². The number of carbonyl (C=O) groups excluding carboxylic acids is 1. The fraction of sp³-hybridized carbons (Fsp3) is 0.417. The first kappa shape index (κ1) is 19.1. The fourth-order valence-corrected chi connectivity index (χ4v) is 1.98. The summed E-state index contributed by atoms with van der Waals surface area (Å²) in [5, 5.41) is 2.50. The van der Waals surface area contributed by atoms with Crippen molar-refractivity contribution in [2.75, 3.05) is 17.6 Å². The molecule has 1 aromatic carbocycles. The molecule has 8 heteroatoms. The first-order valence-electron chi connectivity index (χ1n) is 5.65. The average Bonchev–Trinajstić information content (AvgIpc) is 2.36. The summed E-state index contributed by atoms with van der Waals surface area (Å²) < 4.78 is 37.5. The number of nitrogens with one attached hydrogen (secondary N) is 1. The molecule has 3 nitrogen and oxygen atoms in total. The summed E-state index contributed by atoms with van der Waals surface area (Å²) in [6.45, 7) is 1.78. The highest BCUT2D eigenvalue weighted by Crippen LogP contribution is 2.29. The summed E-state index contributed by atoms with van der Waals surface area (Å²) in [6.07, 6.45) is -2.47. The van der Waals surface area contributed by atoms with Gasteiger partial charge in [-0.05, 0) is 18.2 Å². The molecule has 3 N–H and O–H groups in total. The molecule has 1 unspecified atom stereocenters. The predicted molar refractivity (Wildman–Crippen MR) is 77.2 cm³/mol. The molecule has 1 rings (SSSR count). The van der Waals surface area contributed by atoms with Crippen LogP contribution in [0.4, 0.5) is 18.9 Å². The van der Waals surface area contributed by atoms with E-state index in [2.05, 4.69) is 5.32 Å². The highest BCUT2D eigenvalue weighted by atomic mass is 35.5. The van der Waals surface area contributed by atoms with Crippen LogP contribution in [-0.2, 0) is 4.79 Å². The van der Waals surface area contributed by atoms with Crippen LogP contribution in [0.25, 0.3) is 0 Å². The average molecular weight is 329 g/mol. The second-order valence-electron chi connectivity index (χ2n) is 3.97. The number of thioether (sulfide) groups is 1. The van der Waals surface area contributed by atoms with Gasteiger partial charge in [0.05, 0.1) is 11.4 Å². The van der Waals surface area contributed by atoms with E-state index in [9.17, 15) is 18.0 Å². The minimum absolute atomic E-state index is 0. The summed E-state index contributed by atoms with van der Waals surface area (Å²) in [5.41, 5.74) is 5.54. The van der Waals surface area contributed by atoms with E-state index < -0.39 is 23.9 Å². The minimum Gasteiger partial charge on any atom is -0.330 e. The predicted octanol–water partition coefficient (Wildman–Crippen LogP) is 3.14.